The molecule has 0 unspecified atom stereocenters. The Morgan fingerprint density at radius 2 is 2.00 bits per heavy atom. The third-order valence-corrected chi connectivity index (χ3v) is 5.06. The van der Waals surface area contributed by atoms with Crippen molar-refractivity contribution in [2.75, 3.05) is 11.9 Å². The fraction of sp³-hybridized carbons (Fsp3) is 0.190. The van der Waals surface area contributed by atoms with Crippen molar-refractivity contribution in [3.8, 4) is 5.75 Å². The van der Waals surface area contributed by atoms with E-state index in [1.165, 1.54) is 30.2 Å². The molecule has 2 heterocycles. The minimum Gasteiger partial charge on any atom is -0.505 e. The van der Waals surface area contributed by atoms with E-state index < -0.39 is 0 Å². The van der Waals surface area contributed by atoms with Crippen molar-refractivity contribution in [1.29, 1.82) is 0 Å². The number of phenols is 1. The summed E-state index contributed by atoms with van der Waals surface area (Å²) in [5.41, 5.74) is 2.37. The van der Waals surface area contributed by atoms with Gasteiger partial charge in [0.2, 0.25) is 5.91 Å². The van der Waals surface area contributed by atoms with E-state index in [9.17, 15) is 19.1 Å². The number of aromatic nitrogens is 1. The molecule has 0 spiro atoms. The highest BCUT2D eigenvalue weighted by Gasteiger charge is 2.36. The molecule has 2 aromatic carbocycles. The van der Waals surface area contributed by atoms with Gasteiger partial charge in [0.25, 0.3) is 5.91 Å². The summed E-state index contributed by atoms with van der Waals surface area (Å²) >= 11 is 0. The Morgan fingerprint density at radius 1 is 1.29 bits per heavy atom. The Labute approximate surface area is 160 Å². The number of hydrogen-bond acceptors (Lipinski definition) is 4. The Balaban J connectivity index is 1.85. The van der Waals surface area contributed by atoms with E-state index in [4.69, 9.17) is 0 Å². The van der Waals surface area contributed by atoms with E-state index in [0.29, 0.717) is 16.6 Å². The molecule has 28 heavy (non-hydrogen) atoms. The molecule has 142 valence electrons. The summed E-state index contributed by atoms with van der Waals surface area (Å²) in [4.78, 5) is 32.4. The molecule has 0 aliphatic carbocycles. The van der Waals surface area contributed by atoms with E-state index in [2.05, 4.69) is 4.98 Å². The van der Waals surface area contributed by atoms with E-state index in [1.54, 1.807) is 36.2 Å². The van der Waals surface area contributed by atoms with Gasteiger partial charge in [-0.05, 0) is 29.8 Å². The van der Waals surface area contributed by atoms with Crippen LogP contribution in [0, 0.1) is 5.82 Å². The lowest BCUT2D eigenvalue weighted by Crippen LogP contribution is -2.25. The largest absolute Gasteiger partial charge is 0.505 e. The molecule has 1 aromatic heterocycles. The van der Waals surface area contributed by atoms with E-state index in [-0.39, 0.29) is 47.6 Å². The fourth-order valence-electron chi connectivity index (χ4n) is 3.61. The number of nitrogens with zero attached hydrogens (tertiary/aromatic N) is 3. The highest BCUT2D eigenvalue weighted by molar-refractivity contribution is 6.13. The van der Waals surface area contributed by atoms with Gasteiger partial charge in [-0.1, -0.05) is 12.1 Å². The number of fused-ring (bicyclic) bond motifs is 2. The first-order valence-electron chi connectivity index (χ1n) is 8.79. The van der Waals surface area contributed by atoms with Crippen LogP contribution in [0.3, 0.4) is 0 Å². The lowest BCUT2D eigenvalue weighted by atomic mass is 10.0. The van der Waals surface area contributed by atoms with Crippen molar-refractivity contribution in [2.45, 2.75) is 20.0 Å². The zero-order valence-electron chi connectivity index (χ0n) is 15.4. The topological polar surface area (TPSA) is 73.7 Å². The van der Waals surface area contributed by atoms with Crippen molar-refractivity contribution in [3.05, 3.63) is 65.1 Å². The quantitative estimate of drug-likeness (QED) is 0.758. The molecule has 1 aliphatic heterocycles. The maximum Gasteiger partial charge on any atom is 0.258 e. The summed E-state index contributed by atoms with van der Waals surface area (Å²) < 4.78 is 13.2. The van der Waals surface area contributed by atoms with Gasteiger partial charge in [-0.3, -0.25) is 14.6 Å². The minimum absolute atomic E-state index is 0.163. The maximum atomic E-state index is 13.2. The van der Waals surface area contributed by atoms with Gasteiger partial charge in [0, 0.05) is 44.2 Å². The molecule has 0 atom stereocenters. The van der Waals surface area contributed by atoms with Crippen molar-refractivity contribution in [1.82, 2.24) is 9.88 Å². The first kappa shape index (κ1) is 17.9. The van der Waals surface area contributed by atoms with Gasteiger partial charge in [0.1, 0.15) is 11.3 Å². The molecule has 0 bridgehead atoms. The van der Waals surface area contributed by atoms with Gasteiger partial charge < -0.3 is 14.9 Å². The third-order valence-electron chi connectivity index (χ3n) is 5.06. The van der Waals surface area contributed by atoms with Gasteiger partial charge in [-0.25, -0.2) is 4.39 Å². The second-order valence-electron chi connectivity index (χ2n) is 6.82. The van der Waals surface area contributed by atoms with Crippen molar-refractivity contribution in [3.63, 3.8) is 0 Å². The number of benzene rings is 2. The van der Waals surface area contributed by atoms with E-state index in [1.807, 2.05) is 0 Å². The van der Waals surface area contributed by atoms with Crippen molar-refractivity contribution in [2.24, 2.45) is 0 Å². The molecule has 0 fully saturated rings. The number of phenolic OH excluding ortho intramolecular Hbond substituents is 1. The van der Waals surface area contributed by atoms with Crippen LogP contribution >= 0.6 is 0 Å². The van der Waals surface area contributed by atoms with Gasteiger partial charge >= 0.3 is 0 Å². The summed E-state index contributed by atoms with van der Waals surface area (Å²) in [6.45, 7) is 1.94. The number of hydrogen-bond donors (Lipinski definition) is 1. The highest BCUT2D eigenvalue weighted by atomic mass is 19.1. The van der Waals surface area contributed by atoms with E-state index >= 15 is 0 Å². The van der Waals surface area contributed by atoms with Gasteiger partial charge in [0.05, 0.1) is 11.3 Å². The molecule has 7 heteroatoms. The van der Waals surface area contributed by atoms with Crippen molar-refractivity contribution >= 4 is 28.4 Å². The highest BCUT2D eigenvalue weighted by Crippen LogP contribution is 2.43. The number of carbonyl (C=O) groups excluding carboxylic acids is 2. The van der Waals surface area contributed by atoms with Gasteiger partial charge in [-0.15, -0.1) is 0 Å². The second kappa shape index (κ2) is 6.60. The van der Waals surface area contributed by atoms with Crippen LogP contribution in [0.15, 0.2) is 42.6 Å². The third kappa shape index (κ3) is 2.76. The normalized spacial score (nSPS) is 13.1. The van der Waals surface area contributed by atoms with Crippen LogP contribution in [0.25, 0.3) is 10.9 Å². The fourth-order valence-corrected chi connectivity index (χ4v) is 3.61. The average Bonchev–Trinajstić information content (AvgIpc) is 3.00. The SMILES string of the molecule is CC(=O)N(C)c1c2c(c(O)c3ncccc13)C(=O)N(Cc1ccc(F)cc1)C2. The first-order chi connectivity index (χ1) is 13.4. The average molecular weight is 379 g/mol. The molecule has 0 radical (unpaired) electrons. The summed E-state index contributed by atoms with van der Waals surface area (Å²) in [7, 11) is 1.63. The van der Waals surface area contributed by atoms with E-state index in [0.717, 1.165) is 5.56 Å². The number of amides is 2. The summed E-state index contributed by atoms with van der Waals surface area (Å²) in [5, 5.41) is 11.3. The molecule has 1 aliphatic rings. The summed E-state index contributed by atoms with van der Waals surface area (Å²) in [5.74, 6) is -1.07. The predicted molar refractivity (Wildman–Crippen MR) is 102 cm³/mol. The van der Waals surface area contributed by atoms with Crippen LogP contribution in [0.5, 0.6) is 5.75 Å². The smallest absolute Gasteiger partial charge is 0.258 e. The molecule has 0 saturated heterocycles. The molecule has 3 aromatic rings. The standard InChI is InChI=1S/C21H18FN3O3/c1-12(26)24(2)19-15-4-3-9-23-18(15)20(27)17-16(19)11-25(21(17)28)10-13-5-7-14(22)8-6-13/h3-9,27H,10-11H2,1-2H3. The molecule has 6 nitrogen and oxygen atoms in total. The Hall–Kier alpha value is -3.48. The summed E-state index contributed by atoms with van der Waals surface area (Å²) in [6.07, 6.45) is 1.53. The minimum atomic E-state index is -0.347. The molecular weight excluding hydrogens is 361 g/mol. The Bertz CT molecular complexity index is 1110. The number of carbonyl (C=O) groups is 2. The van der Waals surface area contributed by atoms with Crippen LogP contribution < -0.4 is 4.90 Å². The zero-order chi connectivity index (χ0) is 20.0. The van der Waals surface area contributed by atoms with Crippen LogP contribution in [0.1, 0.15) is 28.4 Å². The lowest BCUT2D eigenvalue weighted by molar-refractivity contribution is -0.116. The zero-order valence-corrected chi connectivity index (χ0v) is 15.4. The van der Waals surface area contributed by atoms with Gasteiger partial charge in [0.15, 0.2) is 5.75 Å². The number of anilines is 1. The molecule has 1 N–H and O–H groups in total. The maximum absolute atomic E-state index is 13.2. The van der Waals surface area contributed by atoms with Crippen LogP contribution in [0.2, 0.25) is 0 Å². The predicted octanol–water partition coefficient (Wildman–Crippen LogP) is 3.22. The van der Waals surface area contributed by atoms with Crippen LogP contribution in [-0.4, -0.2) is 33.9 Å². The van der Waals surface area contributed by atoms with Crippen LogP contribution in [0.4, 0.5) is 10.1 Å². The Morgan fingerprint density at radius 3 is 2.68 bits per heavy atom. The number of halogens is 1. The summed E-state index contributed by atoms with van der Waals surface area (Å²) in [6, 6.07) is 9.41. The number of pyridine rings is 1. The number of aromatic hydroxyl groups is 1. The molecular formula is C21H18FN3O3. The molecule has 0 saturated carbocycles. The molecule has 4 rings (SSSR count). The van der Waals surface area contributed by atoms with Crippen LogP contribution in [-0.2, 0) is 17.9 Å². The van der Waals surface area contributed by atoms with Crippen molar-refractivity contribution < 1.29 is 19.1 Å². The first-order valence-corrected chi connectivity index (χ1v) is 8.79. The monoisotopic (exact) mass is 379 g/mol. The number of rotatable bonds is 3. The Kier molecular flexibility index (Phi) is 4.22. The molecule has 2 amide bonds. The second-order valence-corrected chi connectivity index (χ2v) is 6.82. The van der Waals surface area contributed by atoms with Gasteiger partial charge in [-0.2, -0.15) is 0 Å². The lowest BCUT2D eigenvalue weighted by Gasteiger charge is -2.21.